The van der Waals surface area contributed by atoms with Crippen molar-refractivity contribution in [3.05, 3.63) is 35.4 Å². The zero-order chi connectivity index (χ0) is 20.0. The van der Waals surface area contributed by atoms with Gasteiger partial charge in [-0.05, 0) is 36.6 Å². The lowest BCUT2D eigenvalue weighted by molar-refractivity contribution is -0.134. The van der Waals surface area contributed by atoms with E-state index >= 15 is 0 Å². The average molecular weight is 371 g/mol. The van der Waals surface area contributed by atoms with Gasteiger partial charge in [0.1, 0.15) is 5.57 Å². The lowest BCUT2D eigenvalue weighted by atomic mass is 10.1. The van der Waals surface area contributed by atoms with Crippen LogP contribution in [0.2, 0.25) is 0 Å². The topological polar surface area (TPSA) is 60.9 Å². The van der Waals surface area contributed by atoms with E-state index < -0.39 is 17.8 Å². The Bertz CT molecular complexity index is 691. The number of barbiturate groups is 1. The summed E-state index contributed by atoms with van der Waals surface area (Å²) < 4.78 is 0. The van der Waals surface area contributed by atoms with E-state index in [1.165, 1.54) is 14.1 Å². The second-order valence-corrected chi connectivity index (χ2v) is 6.85. The highest BCUT2D eigenvalue weighted by Gasteiger charge is 2.37. The van der Waals surface area contributed by atoms with Gasteiger partial charge in [-0.15, -0.1) is 0 Å². The monoisotopic (exact) mass is 371 g/mol. The second-order valence-electron chi connectivity index (χ2n) is 6.85. The smallest absolute Gasteiger partial charge is 0.333 e. The van der Waals surface area contributed by atoms with E-state index in [0.29, 0.717) is 0 Å². The Kier molecular flexibility index (Phi) is 7.16. The van der Waals surface area contributed by atoms with E-state index in [-0.39, 0.29) is 5.57 Å². The normalized spacial score (nSPS) is 14.8. The molecule has 27 heavy (non-hydrogen) atoms. The van der Waals surface area contributed by atoms with E-state index in [2.05, 4.69) is 18.7 Å². The molecule has 1 aromatic rings. The first-order valence-corrected chi connectivity index (χ1v) is 9.57. The molecule has 0 aromatic heterocycles. The molecule has 6 heteroatoms. The molecule has 1 aliphatic heterocycles. The Labute approximate surface area is 161 Å². The van der Waals surface area contributed by atoms with Gasteiger partial charge in [-0.25, -0.2) is 4.79 Å². The minimum atomic E-state index is -0.611. The average Bonchev–Trinajstić information content (AvgIpc) is 2.69. The highest BCUT2D eigenvalue weighted by atomic mass is 16.2. The molecule has 1 aromatic carbocycles. The van der Waals surface area contributed by atoms with Crippen LogP contribution in [0.4, 0.5) is 10.5 Å². The van der Waals surface area contributed by atoms with Gasteiger partial charge in [0.15, 0.2) is 0 Å². The standard InChI is InChI=1S/C21H29N3O3/c1-5-7-13-24(14-8-6-2)17-11-9-16(10-12-17)15-18-19(25)22(3)21(27)23(4)20(18)26/h9-12,15H,5-8,13-14H2,1-4H3. The molecular weight excluding hydrogens is 342 g/mol. The fraction of sp³-hybridized carbons (Fsp3) is 0.476. The van der Waals surface area contributed by atoms with E-state index in [1.807, 2.05) is 24.3 Å². The maximum atomic E-state index is 12.3. The predicted octanol–water partition coefficient (Wildman–Crippen LogP) is 3.53. The number of hydrogen-bond acceptors (Lipinski definition) is 4. The van der Waals surface area contributed by atoms with Gasteiger partial charge in [-0.2, -0.15) is 0 Å². The van der Waals surface area contributed by atoms with Crippen molar-refractivity contribution in [1.82, 2.24) is 9.80 Å². The van der Waals surface area contributed by atoms with Gasteiger partial charge in [0, 0.05) is 32.9 Å². The Morgan fingerprint density at radius 3 is 1.78 bits per heavy atom. The number of carbonyl (C=O) groups excluding carboxylic acids is 3. The van der Waals surface area contributed by atoms with Crippen molar-refractivity contribution in [3.63, 3.8) is 0 Å². The number of likely N-dealkylation sites (N-methyl/N-ethyl adjacent to an activating group) is 2. The van der Waals surface area contributed by atoms with Crippen molar-refractivity contribution < 1.29 is 14.4 Å². The summed E-state index contributed by atoms with van der Waals surface area (Å²) in [4.78, 5) is 40.7. The summed E-state index contributed by atoms with van der Waals surface area (Å²) in [5.74, 6) is -1.14. The van der Waals surface area contributed by atoms with Gasteiger partial charge in [0.05, 0.1) is 0 Å². The minimum absolute atomic E-state index is 0.00109. The molecule has 0 saturated carbocycles. The molecule has 0 unspecified atom stereocenters. The highest BCUT2D eigenvalue weighted by molar-refractivity contribution is 6.30. The summed E-state index contributed by atoms with van der Waals surface area (Å²) in [6.07, 6.45) is 6.14. The lowest BCUT2D eigenvalue weighted by Gasteiger charge is -2.29. The summed E-state index contributed by atoms with van der Waals surface area (Å²) in [6.45, 7) is 6.41. The number of anilines is 1. The van der Waals surface area contributed by atoms with E-state index in [0.717, 1.165) is 59.8 Å². The van der Waals surface area contributed by atoms with Crippen LogP contribution >= 0.6 is 0 Å². The van der Waals surface area contributed by atoms with Crippen LogP contribution in [0.5, 0.6) is 0 Å². The number of imide groups is 2. The summed E-state index contributed by atoms with van der Waals surface area (Å²) in [7, 11) is 2.76. The predicted molar refractivity (Wildman–Crippen MR) is 107 cm³/mol. The van der Waals surface area contributed by atoms with Crippen LogP contribution in [0.15, 0.2) is 29.8 Å². The zero-order valence-electron chi connectivity index (χ0n) is 16.7. The third-order valence-corrected chi connectivity index (χ3v) is 4.78. The highest BCUT2D eigenvalue weighted by Crippen LogP contribution is 2.21. The fourth-order valence-corrected chi connectivity index (χ4v) is 2.99. The number of rotatable bonds is 8. The molecule has 0 N–H and O–H groups in total. The largest absolute Gasteiger partial charge is 0.372 e. The van der Waals surface area contributed by atoms with Crippen molar-refractivity contribution in [2.75, 3.05) is 32.1 Å². The molecule has 4 amide bonds. The molecule has 0 aliphatic carbocycles. The van der Waals surface area contributed by atoms with Gasteiger partial charge in [0.2, 0.25) is 0 Å². The fourth-order valence-electron chi connectivity index (χ4n) is 2.99. The number of unbranched alkanes of at least 4 members (excludes halogenated alkanes) is 2. The molecule has 6 nitrogen and oxygen atoms in total. The van der Waals surface area contributed by atoms with Crippen molar-refractivity contribution in [1.29, 1.82) is 0 Å². The summed E-state index contributed by atoms with van der Waals surface area (Å²) >= 11 is 0. The molecule has 0 atom stereocenters. The van der Waals surface area contributed by atoms with Gasteiger partial charge in [0.25, 0.3) is 11.8 Å². The molecule has 1 saturated heterocycles. The zero-order valence-corrected chi connectivity index (χ0v) is 16.7. The summed E-state index contributed by atoms with van der Waals surface area (Å²) in [5, 5.41) is 0. The quantitative estimate of drug-likeness (QED) is 0.518. The molecule has 146 valence electrons. The van der Waals surface area contributed by atoms with Gasteiger partial charge in [-0.1, -0.05) is 38.8 Å². The third kappa shape index (κ3) is 4.76. The molecule has 0 radical (unpaired) electrons. The van der Waals surface area contributed by atoms with Gasteiger partial charge < -0.3 is 4.90 Å². The van der Waals surface area contributed by atoms with Crippen LogP contribution < -0.4 is 4.90 Å². The first-order valence-electron chi connectivity index (χ1n) is 9.57. The van der Waals surface area contributed by atoms with Crippen molar-refractivity contribution in [3.8, 4) is 0 Å². The van der Waals surface area contributed by atoms with Crippen LogP contribution in [-0.2, 0) is 9.59 Å². The van der Waals surface area contributed by atoms with E-state index in [1.54, 1.807) is 6.08 Å². The third-order valence-electron chi connectivity index (χ3n) is 4.78. The Hall–Kier alpha value is -2.63. The Morgan fingerprint density at radius 2 is 1.33 bits per heavy atom. The number of amides is 4. The molecule has 1 heterocycles. The SMILES string of the molecule is CCCCN(CCCC)c1ccc(C=C2C(=O)N(C)C(=O)N(C)C2=O)cc1. The second kappa shape index (κ2) is 9.35. The number of urea groups is 1. The first kappa shape index (κ1) is 20.7. The number of carbonyl (C=O) groups is 3. The summed E-state index contributed by atoms with van der Waals surface area (Å²) in [6, 6.07) is 7.25. The minimum Gasteiger partial charge on any atom is -0.372 e. The maximum Gasteiger partial charge on any atom is 0.333 e. The molecular formula is C21H29N3O3. The summed E-state index contributed by atoms with van der Waals surface area (Å²) in [5.41, 5.74) is 1.91. The van der Waals surface area contributed by atoms with E-state index in [9.17, 15) is 14.4 Å². The van der Waals surface area contributed by atoms with Crippen molar-refractivity contribution in [2.45, 2.75) is 39.5 Å². The number of hydrogen-bond donors (Lipinski definition) is 0. The molecule has 0 bridgehead atoms. The number of nitrogens with zero attached hydrogens (tertiary/aromatic N) is 3. The van der Waals surface area contributed by atoms with E-state index in [4.69, 9.17) is 0 Å². The van der Waals surface area contributed by atoms with Gasteiger partial charge >= 0.3 is 6.03 Å². The Balaban J connectivity index is 2.22. The van der Waals surface area contributed by atoms with Gasteiger partial charge in [-0.3, -0.25) is 19.4 Å². The number of benzene rings is 1. The van der Waals surface area contributed by atoms with Crippen LogP contribution in [0.3, 0.4) is 0 Å². The molecule has 1 fully saturated rings. The van der Waals surface area contributed by atoms with Crippen molar-refractivity contribution >= 4 is 29.6 Å². The van der Waals surface area contributed by atoms with Crippen molar-refractivity contribution in [2.24, 2.45) is 0 Å². The lowest BCUT2D eigenvalue weighted by Crippen LogP contribution is -2.52. The van der Waals surface area contributed by atoms with Crippen LogP contribution in [0, 0.1) is 0 Å². The maximum absolute atomic E-state index is 12.3. The molecule has 1 aliphatic rings. The van der Waals surface area contributed by atoms with Crippen LogP contribution in [0.1, 0.15) is 45.1 Å². The van der Waals surface area contributed by atoms with Crippen LogP contribution in [-0.4, -0.2) is 54.8 Å². The molecule has 2 rings (SSSR count). The van der Waals surface area contributed by atoms with Crippen LogP contribution in [0.25, 0.3) is 6.08 Å². The molecule has 0 spiro atoms. The Morgan fingerprint density at radius 1 is 0.852 bits per heavy atom. The first-order chi connectivity index (χ1) is 12.9.